The largest absolute Gasteiger partial charge is 0.348 e. The summed E-state index contributed by atoms with van der Waals surface area (Å²) in [4.78, 5) is 29.5. The standard InChI is InChI=1S/C20H22N4O2/c1-13(2)21-19(25)17-16-11-7-8-12-24(16)18(23-17)20(26)22-14(3)15-9-5-4-6-10-15/h4-14H,1-3H3,(H,21,25)(H,22,26). The molecule has 2 heterocycles. The molecule has 0 saturated heterocycles. The van der Waals surface area contributed by atoms with E-state index in [1.54, 1.807) is 22.7 Å². The zero-order chi connectivity index (χ0) is 18.7. The number of rotatable bonds is 5. The van der Waals surface area contributed by atoms with Crippen LogP contribution >= 0.6 is 0 Å². The van der Waals surface area contributed by atoms with E-state index in [9.17, 15) is 9.59 Å². The van der Waals surface area contributed by atoms with Crippen LogP contribution < -0.4 is 10.6 Å². The van der Waals surface area contributed by atoms with Gasteiger partial charge in [-0.25, -0.2) is 4.98 Å². The van der Waals surface area contributed by atoms with Crippen LogP contribution in [-0.2, 0) is 0 Å². The van der Waals surface area contributed by atoms with Crippen LogP contribution in [0.1, 0.15) is 53.5 Å². The van der Waals surface area contributed by atoms with Crippen molar-refractivity contribution in [1.82, 2.24) is 20.0 Å². The Labute approximate surface area is 152 Å². The summed E-state index contributed by atoms with van der Waals surface area (Å²) in [5, 5.41) is 5.77. The fourth-order valence-corrected chi connectivity index (χ4v) is 2.78. The summed E-state index contributed by atoms with van der Waals surface area (Å²) in [5.41, 5.74) is 1.85. The summed E-state index contributed by atoms with van der Waals surface area (Å²) in [6, 6.07) is 14.9. The molecule has 1 aromatic carbocycles. The molecule has 0 spiro atoms. The highest BCUT2D eigenvalue weighted by atomic mass is 16.2. The summed E-state index contributed by atoms with van der Waals surface area (Å²) in [6.07, 6.45) is 1.73. The van der Waals surface area contributed by atoms with E-state index >= 15 is 0 Å². The minimum Gasteiger partial charge on any atom is -0.348 e. The van der Waals surface area contributed by atoms with Crippen LogP contribution in [-0.4, -0.2) is 27.2 Å². The predicted molar refractivity (Wildman–Crippen MR) is 100 cm³/mol. The van der Waals surface area contributed by atoms with Gasteiger partial charge in [0.05, 0.1) is 11.6 Å². The summed E-state index contributed by atoms with van der Waals surface area (Å²) in [5.74, 6) is -0.428. The van der Waals surface area contributed by atoms with Gasteiger partial charge in [0, 0.05) is 12.2 Å². The van der Waals surface area contributed by atoms with Gasteiger partial charge < -0.3 is 10.6 Å². The molecule has 3 aromatic rings. The van der Waals surface area contributed by atoms with E-state index in [0.717, 1.165) is 5.56 Å². The molecule has 26 heavy (non-hydrogen) atoms. The highest BCUT2D eigenvalue weighted by Gasteiger charge is 2.22. The van der Waals surface area contributed by atoms with Crippen molar-refractivity contribution in [1.29, 1.82) is 0 Å². The molecule has 3 rings (SSSR count). The van der Waals surface area contributed by atoms with E-state index in [1.165, 1.54) is 0 Å². The van der Waals surface area contributed by atoms with E-state index in [0.29, 0.717) is 5.52 Å². The van der Waals surface area contributed by atoms with Gasteiger partial charge in [0.25, 0.3) is 11.8 Å². The molecule has 0 saturated carbocycles. The smallest absolute Gasteiger partial charge is 0.288 e. The summed E-state index contributed by atoms with van der Waals surface area (Å²) >= 11 is 0. The number of nitrogens with zero attached hydrogens (tertiary/aromatic N) is 2. The average molecular weight is 350 g/mol. The van der Waals surface area contributed by atoms with Gasteiger partial charge in [0.2, 0.25) is 5.82 Å². The van der Waals surface area contributed by atoms with E-state index < -0.39 is 0 Å². The van der Waals surface area contributed by atoms with Gasteiger partial charge in [-0.05, 0) is 38.5 Å². The van der Waals surface area contributed by atoms with E-state index in [4.69, 9.17) is 0 Å². The molecular weight excluding hydrogens is 328 g/mol. The Kier molecular flexibility index (Phi) is 5.02. The number of pyridine rings is 1. The second-order valence-electron chi connectivity index (χ2n) is 6.47. The molecule has 1 unspecified atom stereocenters. The lowest BCUT2D eigenvalue weighted by Gasteiger charge is -2.13. The summed E-state index contributed by atoms with van der Waals surface area (Å²) in [6.45, 7) is 5.67. The zero-order valence-electron chi connectivity index (χ0n) is 15.1. The molecule has 0 aliphatic heterocycles. The molecule has 2 N–H and O–H groups in total. The number of hydrogen-bond acceptors (Lipinski definition) is 3. The number of benzene rings is 1. The van der Waals surface area contributed by atoms with Gasteiger partial charge in [-0.1, -0.05) is 36.4 Å². The number of hydrogen-bond donors (Lipinski definition) is 2. The van der Waals surface area contributed by atoms with Crippen LogP contribution in [0.2, 0.25) is 0 Å². The van der Waals surface area contributed by atoms with Crippen molar-refractivity contribution in [2.45, 2.75) is 32.9 Å². The molecule has 1 atom stereocenters. The van der Waals surface area contributed by atoms with Gasteiger partial charge in [-0.15, -0.1) is 0 Å². The second kappa shape index (κ2) is 7.39. The Morgan fingerprint density at radius 1 is 0.923 bits per heavy atom. The number of imidazole rings is 1. The summed E-state index contributed by atoms with van der Waals surface area (Å²) < 4.78 is 1.64. The van der Waals surface area contributed by atoms with Crippen molar-refractivity contribution in [3.63, 3.8) is 0 Å². The fraction of sp³-hybridized carbons (Fsp3) is 0.250. The van der Waals surface area contributed by atoms with Crippen LogP contribution in [0.3, 0.4) is 0 Å². The van der Waals surface area contributed by atoms with E-state index in [2.05, 4.69) is 15.6 Å². The second-order valence-corrected chi connectivity index (χ2v) is 6.47. The van der Waals surface area contributed by atoms with Crippen molar-refractivity contribution in [2.24, 2.45) is 0 Å². The number of aromatic nitrogens is 2. The monoisotopic (exact) mass is 350 g/mol. The Balaban J connectivity index is 1.92. The fourth-order valence-electron chi connectivity index (χ4n) is 2.78. The van der Waals surface area contributed by atoms with Crippen LogP contribution in [0, 0.1) is 0 Å². The number of carbonyl (C=O) groups is 2. The van der Waals surface area contributed by atoms with Gasteiger partial charge in [0.15, 0.2) is 5.69 Å². The molecule has 0 aliphatic rings. The van der Waals surface area contributed by atoms with Crippen molar-refractivity contribution in [3.05, 3.63) is 71.8 Å². The molecule has 134 valence electrons. The molecular formula is C20H22N4O2. The first-order valence-electron chi connectivity index (χ1n) is 8.61. The van der Waals surface area contributed by atoms with Crippen LogP contribution in [0.15, 0.2) is 54.7 Å². The molecule has 6 nitrogen and oxygen atoms in total. The maximum Gasteiger partial charge on any atom is 0.288 e. The molecule has 0 radical (unpaired) electrons. The molecule has 0 bridgehead atoms. The highest BCUT2D eigenvalue weighted by molar-refractivity contribution is 6.02. The lowest BCUT2D eigenvalue weighted by atomic mass is 10.1. The van der Waals surface area contributed by atoms with Crippen LogP contribution in [0.25, 0.3) is 5.52 Å². The third kappa shape index (κ3) is 3.59. The zero-order valence-corrected chi connectivity index (χ0v) is 15.1. The van der Waals surface area contributed by atoms with Crippen molar-refractivity contribution >= 4 is 17.3 Å². The Hall–Kier alpha value is -3.15. The lowest BCUT2D eigenvalue weighted by molar-refractivity contribution is 0.0928. The molecule has 0 fully saturated rings. The third-order valence-electron chi connectivity index (χ3n) is 4.03. The quantitative estimate of drug-likeness (QED) is 0.743. The normalized spacial score (nSPS) is 12.2. The molecule has 0 aliphatic carbocycles. The minimum absolute atomic E-state index is 0.0154. The molecule has 6 heteroatoms. The van der Waals surface area contributed by atoms with Crippen molar-refractivity contribution in [2.75, 3.05) is 0 Å². The van der Waals surface area contributed by atoms with Gasteiger partial charge in [-0.3, -0.25) is 14.0 Å². The van der Waals surface area contributed by atoms with E-state index in [1.807, 2.05) is 57.2 Å². The first-order valence-corrected chi connectivity index (χ1v) is 8.61. The summed E-state index contributed by atoms with van der Waals surface area (Å²) in [7, 11) is 0. The van der Waals surface area contributed by atoms with Gasteiger partial charge in [-0.2, -0.15) is 0 Å². The predicted octanol–water partition coefficient (Wildman–Crippen LogP) is 2.96. The number of amides is 2. The van der Waals surface area contributed by atoms with Crippen LogP contribution in [0.4, 0.5) is 0 Å². The average Bonchev–Trinajstić information content (AvgIpc) is 3.02. The Bertz CT molecular complexity index is 931. The van der Waals surface area contributed by atoms with Crippen molar-refractivity contribution in [3.8, 4) is 0 Å². The first-order chi connectivity index (χ1) is 12.5. The van der Waals surface area contributed by atoms with Gasteiger partial charge in [0.1, 0.15) is 0 Å². The Morgan fingerprint density at radius 2 is 1.62 bits per heavy atom. The Morgan fingerprint density at radius 3 is 2.31 bits per heavy atom. The van der Waals surface area contributed by atoms with Crippen LogP contribution in [0.5, 0.6) is 0 Å². The maximum absolute atomic E-state index is 12.8. The SMILES string of the molecule is CC(C)NC(=O)c1nc(C(=O)NC(C)c2ccccc2)n2ccccc12. The number of nitrogens with one attached hydrogen (secondary N) is 2. The number of fused-ring (bicyclic) bond motifs is 1. The highest BCUT2D eigenvalue weighted by Crippen LogP contribution is 2.16. The van der Waals surface area contributed by atoms with Crippen molar-refractivity contribution < 1.29 is 9.59 Å². The minimum atomic E-state index is -0.328. The third-order valence-corrected chi connectivity index (χ3v) is 4.03. The molecule has 2 aromatic heterocycles. The number of carbonyl (C=O) groups excluding carboxylic acids is 2. The topological polar surface area (TPSA) is 75.5 Å². The van der Waals surface area contributed by atoms with E-state index in [-0.39, 0.29) is 35.4 Å². The molecule has 2 amide bonds. The first kappa shape index (κ1) is 17.7. The van der Waals surface area contributed by atoms with Gasteiger partial charge >= 0.3 is 0 Å². The lowest BCUT2D eigenvalue weighted by Crippen LogP contribution is -2.31. The maximum atomic E-state index is 12.8.